The Morgan fingerprint density at radius 3 is 2.46 bits per heavy atom. The molecule has 184 valence electrons. The highest BCUT2D eigenvalue weighted by Crippen LogP contribution is 2.35. The van der Waals surface area contributed by atoms with Crippen molar-refractivity contribution in [2.24, 2.45) is 0 Å². The second-order valence-corrected chi connectivity index (χ2v) is 10.3. The van der Waals surface area contributed by atoms with Crippen LogP contribution >= 0.6 is 11.6 Å². The third-order valence-electron chi connectivity index (χ3n) is 7.50. The number of amides is 2. The van der Waals surface area contributed by atoms with E-state index in [1.807, 2.05) is 60.0 Å². The van der Waals surface area contributed by atoms with Crippen molar-refractivity contribution in [3.05, 3.63) is 71.1 Å². The van der Waals surface area contributed by atoms with E-state index in [9.17, 15) is 9.59 Å². The number of rotatable bonds is 5. The van der Waals surface area contributed by atoms with Crippen molar-refractivity contribution in [3.8, 4) is 11.5 Å². The van der Waals surface area contributed by atoms with Crippen molar-refractivity contribution >= 4 is 23.4 Å². The van der Waals surface area contributed by atoms with E-state index >= 15 is 0 Å². The van der Waals surface area contributed by atoms with Crippen LogP contribution in [0.2, 0.25) is 5.02 Å². The van der Waals surface area contributed by atoms with Gasteiger partial charge in [0.05, 0.1) is 18.5 Å². The van der Waals surface area contributed by atoms with Crippen molar-refractivity contribution in [1.29, 1.82) is 0 Å². The molecule has 0 spiro atoms. The third kappa shape index (κ3) is 4.64. The molecule has 5 rings (SSSR count). The summed E-state index contributed by atoms with van der Waals surface area (Å²) in [6.07, 6.45) is 9.50. The van der Waals surface area contributed by atoms with Gasteiger partial charge in [0.25, 0.3) is 5.91 Å². The number of fused-ring (bicyclic) bond motifs is 1. The van der Waals surface area contributed by atoms with E-state index in [0.717, 1.165) is 36.9 Å². The molecule has 6 nitrogen and oxygen atoms in total. The number of halogens is 1. The van der Waals surface area contributed by atoms with Crippen LogP contribution in [0.3, 0.4) is 0 Å². The molecule has 1 N–H and O–H groups in total. The maximum atomic E-state index is 14.0. The summed E-state index contributed by atoms with van der Waals surface area (Å²) in [4.78, 5) is 29.5. The third-order valence-corrected chi connectivity index (χ3v) is 7.86. The van der Waals surface area contributed by atoms with Crippen molar-refractivity contribution < 1.29 is 14.0 Å². The Balaban J connectivity index is 1.51. The van der Waals surface area contributed by atoms with Crippen molar-refractivity contribution in [1.82, 2.24) is 14.8 Å². The van der Waals surface area contributed by atoms with Gasteiger partial charge in [0.15, 0.2) is 0 Å². The van der Waals surface area contributed by atoms with Crippen molar-refractivity contribution in [3.63, 3.8) is 0 Å². The van der Waals surface area contributed by atoms with E-state index in [1.165, 1.54) is 19.3 Å². The summed E-state index contributed by atoms with van der Waals surface area (Å²) in [7, 11) is 0. The molecule has 1 aliphatic carbocycles. The summed E-state index contributed by atoms with van der Waals surface area (Å²) in [6.45, 7) is 2.46. The second kappa shape index (κ2) is 9.94. The zero-order valence-electron chi connectivity index (χ0n) is 20.1. The van der Waals surface area contributed by atoms with E-state index in [2.05, 4.69) is 5.32 Å². The van der Waals surface area contributed by atoms with Gasteiger partial charge in [-0.15, -0.1) is 0 Å². The molecule has 1 aromatic carbocycles. The molecular weight excluding hydrogens is 462 g/mol. The van der Waals surface area contributed by atoms with Gasteiger partial charge in [-0.05, 0) is 55.7 Å². The van der Waals surface area contributed by atoms with Gasteiger partial charge >= 0.3 is 0 Å². The average Bonchev–Trinajstić information content (AvgIpc) is 3.49. The van der Waals surface area contributed by atoms with Gasteiger partial charge in [-0.1, -0.05) is 61.9 Å². The molecule has 1 saturated carbocycles. The van der Waals surface area contributed by atoms with Crippen molar-refractivity contribution in [2.75, 3.05) is 0 Å². The Bertz CT molecular complexity index is 1190. The van der Waals surface area contributed by atoms with E-state index in [1.54, 1.807) is 11.2 Å². The highest BCUT2D eigenvalue weighted by atomic mass is 35.5. The Labute approximate surface area is 211 Å². The first-order chi connectivity index (χ1) is 17.0. The standard InChI is InChI=1S/C28H32ClN3O3/c1-28(27(34)30-21-11-5-3-2-4-6-12-21)19-31-23(25-14-9-17-35-25)15-16-24(31)26(33)32(28)18-20-10-7-8-13-22(20)29/h7-10,13-17,21H,2-6,11-12,18-19H2,1H3,(H,30,34)/t28-/m0/s1. The highest BCUT2D eigenvalue weighted by molar-refractivity contribution is 6.31. The lowest BCUT2D eigenvalue weighted by molar-refractivity contribution is -0.134. The monoisotopic (exact) mass is 493 g/mol. The quantitative estimate of drug-likeness (QED) is 0.470. The number of hydrogen-bond donors (Lipinski definition) is 1. The molecular formula is C28H32ClN3O3. The number of benzene rings is 1. The Morgan fingerprint density at radius 2 is 1.74 bits per heavy atom. The Morgan fingerprint density at radius 1 is 1.03 bits per heavy atom. The Kier molecular flexibility index (Phi) is 6.74. The SMILES string of the molecule is C[C@@]1(C(=O)NC2CCCCCCC2)Cn2c(ccc2-c2ccco2)C(=O)N1Cc1ccccc1Cl. The van der Waals surface area contributed by atoms with Crippen LogP contribution in [0.25, 0.3) is 11.5 Å². The van der Waals surface area contributed by atoms with Gasteiger partial charge in [-0.3, -0.25) is 9.59 Å². The zero-order chi connectivity index (χ0) is 24.4. The van der Waals surface area contributed by atoms with Gasteiger partial charge in [-0.2, -0.15) is 0 Å². The summed E-state index contributed by atoms with van der Waals surface area (Å²) < 4.78 is 7.55. The molecule has 7 heteroatoms. The van der Waals surface area contributed by atoms with E-state index in [-0.39, 0.29) is 24.4 Å². The molecule has 1 atom stereocenters. The summed E-state index contributed by atoms with van der Waals surface area (Å²) in [5, 5.41) is 3.91. The molecule has 3 heterocycles. The molecule has 0 radical (unpaired) electrons. The fraction of sp³-hybridized carbons (Fsp3) is 0.429. The van der Waals surface area contributed by atoms with Crippen LogP contribution in [-0.4, -0.2) is 32.9 Å². The number of hydrogen-bond acceptors (Lipinski definition) is 3. The van der Waals surface area contributed by atoms with E-state index in [0.29, 0.717) is 23.0 Å². The highest BCUT2D eigenvalue weighted by Gasteiger charge is 2.48. The molecule has 1 aliphatic heterocycles. The maximum Gasteiger partial charge on any atom is 0.271 e. The number of carbonyl (C=O) groups is 2. The van der Waals surface area contributed by atoms with Crippen LogP contribution in [0.4, 0.5) is 0 Å². The van der Waals surface area contributed by atoms with E-state index in [4.69, 9.17) is 16.0 Å². The van der Waals surface area contributed by atoms with Crippen molar-refractivity contribution in [2.45, 2.75) is 76.5 Å². The molecule has 2 aromatic heterocycles. The number of nitrogens with zero attached hydrogens (tertiary/aromatic N) is 2. The van der Waals surface area contributed by atoms with Gasteiger partial charge in [0, 0.05) is 17.6 Å². The first-order valence-electron chi connectivity index (χ1n) is 12.6. The predicted octanol–water partition coefficient (Wildman–Crippen LogP) is 6.05. The van der Waals surface area contributed by atoms with Crippen LogP contribution in [0.1, 0.15) is 67.9 Å². The van der Waals surface area contributed by atoms with Crippen LogP contribution in [0.5, 0.6) is 0 Å². The molecule has 0 saturated heterocycles. The lowest BCUT2D eigenvalue weighted by Crippen LogP contribution is -2.64. The molecule has 2 amide bonds. The summed E-state index contributed by atoms with van der Waals surface area (Å²) >= 11 is 6.47. The van der Waals surface area contributed by atoms with Crippen LogP contribution in [-0.2, 0) is 17.9 Å². The summed E-state index contributed by atoms with van der Waals surface area (Å²) in [5.41, 5.74) is 1.06. The molecule has 0 bridgehead atoms. The van der Waals surface area contributed by atoms with E-state index < -0.39 is 5.54 Å². The number of carbonyl (C=O) groups excluding carboxylic acids is 2. The van der Waals surface area contributed by atoms with Gasteiger partial charge in [0.2, 0.25) is 5.91 Å². The minimum atomic E-state index is -1.09. The molecule has 0 unspecified atom stereocenters. The minimum Gasteiger partial charge on any atom is -0.463 e. The number of furan rings is 1. The normalized spacial score (nSPS) is 21.3. The lowest BCUT2D eigenvalue weighted by Gasteiger charge is -2.45. The smallest absolute Gasteiger partial charge is 0.271 e. The predicted molar refractivity (Wildman–Crippen MR) is 136 cm³/mol. The lowest BCUT2D eigenvalue weighted by atomic mass is 9.91. The first kappa shape index (κ1) is 23.7. The molecule has 2 aliphatic rings. The topological polar surface area (TPSA) is 67.5 Å². The summed E-state index contributed by atoms with van der Waals surface area (Å²) in [5.74, 6) is 0.365. The van der Waals surface area contributed by atoms with Crippen LogP contribution in [0, 0.1) is 0 Å². The molecule has 35 heavy (non-hydrogen) atoms. The maximum absolute atomic E-state index is 14.0. The fourth-order valence-electron chi connectivity index (χ4n) is 5.40. The van der Waals surface area contributed by atoms with Gasteiger partial charge in [-0.25, -0.2) is 0 Å². The minimum absolute atomic E-state index is 0.117. The largest absolute Gasteiger partial charge is 0.463 e. The second-order valence-electron chi connectivity index (χ2n) is 9.94. The van der Waals surface area contributed by atoms with Gasteiger partial charge in [0.1, 0.15) is 17.0 Å². The Hall–Kier alpha value is -2.99. The summed E-state index contributed by atoms with van der Waals surface area (Å²) in [6, 6.07) is 15.0. The van der Waals surface area contributed by atoms with Crippen LogP contribution in [0.15, 0.2) is 59.2 Å². The zero-order valence-corrected chi connectivity index (χ0v) is 20.9. The number of aromatic nitrogens is 1. The fourth-order valence-corrected chi connectivity index (χ4v) is 5.59. The molecule has 3 aromatic rings. The van der Waals surface area contributed by atoms with Gasteiger partial charge < -0.3 is 19.2 Å². The average molecular weight is 494 g/mol. The first-order valence-corrected chi connectivity index (χ1v) is 12.9. The molecule has 1 fully saturated rings. The number of nitrogens with one attached hydrogen (secondary N) is 1. The van der Waals surface area contributed by atoms with Crippen LogP contribution < -0.4 is 5.32 Å².